The molecule has 5 heteroatoms. The zero-order valence-corrected chi connectivity index (χ0v) is 11.5. The highest BCUT2D eigenvalue weighted by Crippen LogP contribution is 2.12. The summed E-state index contributed by atoms with van der Waals surface area (Å²) >= 11 is 0. The van der Waals surface area contributed by atoms with Crippen molar-refractivity contribution in [1.29, 1.82) is 0 Å². The van der Waals surface area contributed by atoms with E-state index in [0.717, 1.165) is 17.9 Å². The van der Waals surface area contributed by atoms with Gasteiger partial charge in [-0.05, 0) is 19.4 Å². The molecule has 1 unspecified atom stereocenters. The van der Waals surface area contributed by atoms with Gasteiger partial charge in [0.25, 0.3) is 0 Å². The minimum absolute atomic E-state index is 0.395. The van der Waals surface area contributed by atoms with Gasteiger partial charge in [0.2, 0.25) is 5.88 Å². The lowest BCUT2D eigenvalue weighted by molar-refractivity contribution is 0.392. The molecule has 0 radical (unpaired) electrons. The molecule has 1 aromatic rings. The average molecular weight is 250 g/mol. The van der Waals surface area contributed by atoms with Gasteiger partial charge in [-0.25, -0.2) is 4.98 Å². The van der Waals surface area contributed by atoms with Crippen molar-refractivity contribution in [2.75, 3.05) is 14.2 Å². The smallest absolute Gasteiger partial charge is 0.218 e. The minimum Gasteiger partial charge on any atom is -0.481 e. The monoisotopic (exact) mass is 250 g/mol. The molecule has 18 heavy (non-hydrogen) atoms. The molecule has 0 amide bonds. The van der Waals surface area contributed by atoms with Gasteiger partial charge < -0.3 is 15.4 Å². The van der Waals surface area contributed by atoms with Crippen LogP contribution in [0.4, 0.5) is 0 Å². The number of aromatic nitrogens is 1. The number of guanidine groups is 1. The van der Waals surface area contributed by atoms with E-state index in [1.165, 1.54) is 0 Å². The van der Waals surface area contributed by atoms with E-state index in [1.807, 2.05) is 12.1 Å². The number of aliphatic imine (C=N–C) groups is 1. The fourth-order valence-electron chi connectivity index (χ4n) is 1.45. The predicted octanol–water partition coefficient (Wildman–Crippen LogP) is 1.55. The zero-order valence-electron chi connectivity index (χ0n) is 11.5. The molecule has 0 aliphatic carbocycles. The van der Waals surface area contributed by atoms with E-state index in [4.69, 9.17) is 4.74 Å². The number of hydrogen-bond acceptors (Lipinski definition) is 3. The molecule has 0 aliphatic heterocycles. The van der Waals surface area contributed by atoms with Crippen LogP contribution >= 0.6 is 0 Å². The first-order chi connectivity index (χ1) is 8.71. The van der Waals surface area contributed by atoms with E-state index in [1.54, 1.807) is 20.4 Å². The minimum atomic E-state index is 0.395. The number of pyridine rings is 1. The van der Waals surface area contributed by atoms with E-state index in [9.17, 15) is 0 Å². The van der Waals surface area contributed by atoms with Crippen molar-refractivity contribution in [3.05, 3.63) is 23.9 Å². The van der Waals surface area contributed by atoms with Crippen molar-refractivity contribution < 1.29 is 4.74 Å². The Balaban J connectivity index is 2.57. The van der Waals surface area contributed by atoms with E-state index in [-0.39, 0.29) is 0 Å². The molecule has 0 saturated carbocycles. The van der Waals surface area contributed by atoms with Gasteiger partial charge in [0, 0.05) is 31.4 Å². The van der Waals surface area contributed by atoms with Gasteiger partial charge in [-0.2, -0.15) is 0 Å². The van der Waals surface area contributed by atoms with Gasteiger partial charge in [-0.3, -0.25) is 4.99 Å². The maximum atomic E-state index is 5.20. The summed E-state index contributed by atoms with van der Waals surface area (Å²) in [6, 6.07) is 4.27. The number of nitrogens with zero attached hydrogens (tertiary/aromatic N) is 2. The lowest BCUT2D eigenvalue weighted by Gasteiger charge is -2.16. The summed E-state index contributed by atoms with van der Waals surface area (Å²) < 4.78 is 5.20. The van der Waals surface area contributed by atoms with Crippen molar-refractivity contribution in [1.82, 2.24) is 15.6 Å². The zero-order chi connectivity index (χ0) is 13.4. The van der Waals surface area contributed by atoms with Crippen LogP contribution in [0.15, 0.2) is 23.3 Å². The molecule has 1 aromatic heterocycles. The number of rotatable bonds is 5. The summed E-state index contributed by atoms with van der Waals surface area (Å²) in [5.74, 6) is 1.43. The SMILES string of the molecule is CCC(C)NC(=NC)NCc1cccnc1OC. The molecule has 5 nitrogen and oxygen atoms in total. The normalized spacial score (nSPS) is 13.0. The Hall–Kier alpha value is -1.78. The standard InChI is InChI=1S/C13H22N4O/c1-5-10(2)17-13(14-3)16-9-11-7-6-8-15-12(11)18-4/h6-8,10H,5,9H2,1-4H3,(H2,14,16,17). The van der Waals surface area contributed by atoms with Crippen LogP contribution in [0.2, 0.25) is 0 Å². The Morgan fingerprint density at radius 1 is 1.56 bits per heavy atom. The van der Waals surface area contributed by atoms with Gasteiger partial charge in [0.15, 0.2) is 5.96 Å². The number of hydrogen-bond donors (Lipinski definition) is 2. The first-order valence-corrected chi connectivity index (χ1v) is 6.16. The molecule has 0 saturated heterocycles. The molecule has 2 N–H and O–H groups in total. The molecule has 1 rings (SSSR count). The second-order valence-electron chi connectivity index (χ2n) is 4.05. The maximum Gasteiger partial charge on any atom is 0.218 e. The Labute approximate surface area is 109 Å². The van der Waals surface area contributed by atoms with Crippen molar-refractivity contribution >= 4 is 5.96 Å². The topological polar surface area (TPSA) is 58.5 Å². The van der Waals surface area contributed by atoms with Crippen molar-refractivity contribution in [2.45, 2.75) is 32.9 Å². The third-order valence-corrected chi connectivity index (χ3v) is 2.71. The Bertz CT molecular complexity index is 392. The second-order valence-corrected chi connectivity index (χ2v) is 4.05. The van der Waals surface area contributed by atoms with Gasteiger partial charge in [-0.15, -0.1) is 0 Å². The van der Waals surface area contributed by atoms with E-state index in [2.05, 4.69) is 34.5 Å². The second kappa shape index (κ2) is 7.53. The summed E-state index contributed by atoms with van der Waals surface area (Å²) in [5, 5.41) is 6.55. The summed E-state index contributed by atoms with van der Waals surface area (Å²) in [6.45, 7) is 4.89. The molecule has 0 fully saturated rings. The van der Waals surface area contributed by atoms with Crippen LogP contribution in [0.1, 0.15) is 25.8 Å². The van der Waals surface area contributed by atoms with Crippen LogP contribution in [-0.2, 0) is 6.54 Å². The van der Waals surface area contributed by atoms with E-state index >= 15 is 0 Å². The molecule has 0 bridgehead atoms. The van der Waals surface area contributed by atoms with Crippen LogP contribution in [-0.4, -0.2) is 31.1 Å². The summed E-state index contributed by atoms with van der Waals surface area (Å²) in [6.07, 6.45) is 2.77. The number of nitrogens with one attached hydrogen (secondary N) is 2. The molecular weight excluding hydrogens is 228 g/mol. The third kappa shape index (κ3) is 4.24. The fraction of sp³-hybridized carbons (Fsp3) is 0.538. The van der Waals surface area contributed by atoms with Gasteiger partial charge in [0.1, 0.15) is 0 Å². The lowest BCUT2D eigenvalue weighted by atomic mass is 10.2. The molecule has 0 aliphatic rings. The molecule has 100 valence electrons. The van der Waals surface area contributed by atoms with Crippen LogP contribution in [0.25, 0.3) is 0 Å². The first-order valence-electron chi connectivity index (χ1n) is 6.16. The van der Waals surface area contributed by atoms with Crippen molar-refractivity contribution in [3.8, 4) is 5.88 Å². The summed E-state index contributed by atoms with van der Waals surface area (Å²) in [5.41, 5.74) is 1.01. The number of ether oxygens (including phenoxy) is 1. The molecule has 1 atom stereocenters. The van der Waals surface area contributed by atoms with Gasteiger partial charge in [-0.1, -0.05) is 13.0 Å². The largest absolute Gasteiger partial charge is 0.481 e. The van der Waals surface area contributed by atoms with E-state index in [0.29, 0.717) is 18.5 Å². The van der Waals surface area contributed by atoms with Crippen molar-refractivity contribution in [2.24, 2.45) is 4.99 Å². The number of methoxy groups -OCH3 is 1. The van der Waals surface area contributed by atoms with Gasteiger partial charge in [0.05, 0.1) is 7.11 Å². The highest BCUT2D eigenvalue weighted by Gasteiger charge is 2.06. The van der Waals surface area contributed by atoms with E-state index < -0.39 is 0 Å². The third-order valence-electron chi connectivity index (χ3n) is 2.71. The summed E-state index contributed by atoms with van der Waals surface area (Å²) in [4.78, 5) is 8.34. The highest BCUT2D eigenvalue weighted by atomic mass is 16.5. The highest BCUT2D eigenvalue weighted by molar-refractivity contribution is 5.79. The van der Waals surface area contributed by atoms with Crippen LogP contribution in [0.5, 0.6) is 5.88 Å². The van der Waals surface area contributed by atoms with Crippen LogP contribution < -0.4 is 15.4 Å². The Morgan fingerprint density at radius 2 is 2.33 bits per heavy atom. The predicted molar refractivity (Wildman–Crippen MR) is 73.9 cm³/mol. The van der Waals surface area contributed by atoms with Crippen LogP contribution in [0.3, 0.4) is 0 Å². The first kappa shape index (κ1) is 14.3. The lowest BCUT2D eigenvalue weighted by Crippen LogP contribution is -2.41. The molecular formula is C13H22N4O. The average Bonchev–Trinajstić information content (AvgIpc) is 2.43. The van der Waals surface area contributed by atoms with Gasteiger partial charge >= 0.3 is 0 Å². The Kier molecular flexibility index (Phi) is 5.97. The molecule has 0 aromatic carbocycles. The Morgan fingerprint density at radius 3 is 2.94 bits per heavy atom. The fourth-order valence-corrected chi connectivity index (χ4v) is 1.45. The molecule has 1 heterocycles. The quantitative estimate of drug-likeness (QED) is 0.615. The van der Waals surface area contributed by atoms with Crippen molar-refractivity contribution in [3.63, 3.8) is 0 Å². The summed E-state index contributed by atoms with van der Waals surface area (Å²) in [7, 11) is 3.39. The maximum absolute atomic E-state index is 5.20. The molecule has 0 spiro atoms. The van der Waals surface area contributed by atoms with Crippen LogP contribution in [0, 0.1) is 0 Å².